The molecule has 4 rings (SSSR count). The fraction of sp³-hybridized carbons (Fsp3) is 0.632. The first kappa shape index (κ1) is 17.3. The van der Waals surface area contributed by atoms with E-state index in [1.54, 1.807) is 0 Å². The van der Waals surface area contributed by atoms with E-state index in [-0.39, 0.29) is 29.1 Å². The third-order valence-electron chi connectivity index (χ3n) is 7.19. The average Bonchev–Trinajstić information content (AvgIpc) is 3.06. The van der Waals surface area contributed by atoms with Crippen LogP contribution in [-0.4, -0.2) is 31.4 Å². The van der Waals surface area contributed by atoms with Crippen LogP contribution in [0.2, 0.25) is 0 Å². The van der Waals surface area contributed by atoms with Crippen LogP contribution in [0.4, 0.5) is 5.69 Å². The van der Waals surface area contributed by atoms with Crippen LogP contribution in [-0.2, 0) is 14.1 Å². The highest BCUT2D eigenvalue weighted by Gasteiger charge is 2.75. The SMILES string of the molecule is COC(=O)C[P+]1([O-])O[C@@H]2[C@@H]([C@H]3CC[C@]2(C)C3(C)C)N1c1ccccc1. The minimum Gasteiger partial charge on any atom is -0.637 e. The maximum atomic E-state index is 13.8. The summed E-state index contributed by atoms with van der Waals surface area (Å²) in [4.78, 5) is 25.8. The van der Waals surface area contributed by atoms with Gasteiger partial charge in [0.1, 0.15) is 12.1 Å². The summed E-state index contributed by atoms with van der Waals surface area (Å²) in [5, 5.41) is 0. The number of ether oxygens (including phenoxy) is 1. The van der Waals surface area contributed by atoms with Gasteiger partial charge in [0.25, 0.3) is 0 Å². The number of carbonyl (C=O) groups is 1. The molecule has 2 saturated carbocycles. The molecule has 3 fully saturated rings. The smallest absolute Gasteiger partial charge is 0.348 e. The average molecular weight is 363 g/mol. The molecular formula is C19H26NO4P. The highest BCUT2D eigenvalue weighted by Crippen LogP contribution is 2.77. The Balaban J connectivity index is 1.80. The first-order valence-electron chi connectivity index (χ1n) is 8.94. The van der Waals surface area contributed by atoms with Gasteiger partial charge in [-0.05, 0) is 36.3 Å². The minimum absolute atomic E-state index is 0.0301. The van der Waals surface area contributed by atoms with Gasteiger partial charge in [0, 0.05) is 5.41 Å². The maximum absolute atomic E-state index is 13.8. The van der Waals surface area contributed by atoms with E-state index in [1.807, 2.05) is 35.0 Å². The molecule has 1 aliphatic heterocycles. The van der Waals surface area contributed by atoms with Crippen molar-refractivity contribution < 1.29 is 18.9 Å². The second-order valence-corrected chi connectivity index (χ2v) is 10.6. The minimum atomic E-state index is -3.33. The predicted molar refractivity (Wildman–Crippen MR) is 96.0 cm³/mol. The van der Waals surface area contributed by atoms with E-state index in [0.29, 0.717) is 5.92 Å². The third-order valence-corrected chi connectivity index (χ3v) is 9.56. The van der Waals surface area contributed by atoms with E-state index in [9.17, 15) is 9.69 Å². The molecular weight excluding hydrogens is 337 g/mol. The van der Waals surface area contributed by atoms with Gasteiger partial charge in [-0.2, -0.15) is 0 Å². The Morgan fingerprint density at radius 1 is 1.36 bits per heavy atom. The highest BCUT2D eigenvalue weighted by atomic mass is 31.2. The van der Waals surface area contributed by atoms with Crippen LogP contribution < -0.4 is 9.56 Å². The molecule has 1 aromatic carbocycles. The van der Waals surface area contributed by atoms with Crippen molar-refractivity contribution in [1.29, 1.82) is 0 Å². The monoisotopic (exact) mass is 363 g/mol. The topological polar surface area (TPSA) is 61.8 Å². The number of fused-ring (bicyclic) bond motifs is 5. The molecule has 0 N–H and O–H groups in total. The number of rotatable bonds is 3. The summed E-state index contributed by atoms with van der Waals surface area (Å²) >= 11 is 0. The number of hydrogen-bond donors (Lipinski definition) is 0. The maximum Gasteiger partial charge on any atom is 0.348 e. The van der Waals surface area contributed by atoms with E-state index < -0.39 is 13.8 Å². The molecule has 0 radical (unpaired) electrons. The summed E-state index contributed by atoms with van der Waals surface area (Å²) < 4.78 is 13.0. The van der Waals surface area contributed by atoms with Gasteiger partial charge in [0.15, 0.2) is 6.16 Å². The van der Waals surface area contributed by atoms with Crippen LogP contribution in [0, 0.1) is 16.7 Å². The third kappa shape index (κ3) is 2.16. The normalized spacial score (nSPS) is 41.0. The van der Waals surface area contributed by atoms with Gasteiger partial charge in [-0.3, -0.25) is 0 Å². The molecule has 5 atom stereocenters. The fourth-order valence-corrected chi connectivity index (χ4v) is 8.10. The molecule has 0 spiro atoms. The second-order valence-electron chi connectivity index (χ2n) is 8.35. The van der Waals surface area contributed by atoms with Crippen molar-refractivity contribution in [3.63, 3.8) is 0 Å². The largest absolute Gasteiger partial charge is 0.637 e. The molecule has 0 amide bonds. The number of carbonyl (C=O) groups excluding carboxylic acids is 1. The van der Waals surface area contributed by atoms with Crippen molar-refractivity contribution in [2.24, 2.45) is 16.7 Å². The summed E-state index contributed by atoms with van der Waals surface area (Å²) in [6.07, 6.45) is 1.87. The lowest BCUT2D eigenvalue weighted by Crippen LogP contribution is -2.43. The molecule has 2 bridgehead atoms. The van der Waals surface area contributed by atoms with Crippen molar-refractivity contribution in [3.8, 4) is 0 Å². The number of methoxy groups -OCH3 is 1. The first-order chi connectivity index (χ1) is 11.7. The Hall–Kier alpha value is -1.16. The number of esters is 1. The van der Waals surface area contributed by atoms with Gasteiger partial charge >= 0.3 is 5.97 Å². The summed E-state index contributed by atoms with van der Waals surface area (Å²) in [6, 6.07) is 9.77. The highest BCUT2D eigenvalue weighted by molar-refractivity contribution is 7.67. The second kappa shape index (κ2) is 5.42. The molecule has 1 unspecified atom stereocenters. The number of para-hydroxylation sites is 1. The van der Waals surface area contributed by atoms with Crippen molar-refractivity contribution in [2.75, 3.05) is 17.9 Å². The summed E-state index contributed by atoms with van der Waals surface area (Å²) in [7, 11) is -2.00. The van der Waals surface area contributed by atoms with Crippen molar-refractivity contribution >= 4 is 19.5 Å². The lowest BCUT2D eigenvalue weighted by atomic mass is 9.70. The molecule has 6 heteroatoms. The lowest BCUT2D eigenvalue weighted by molar-refractivity contribution is -0.196. The summed E-state index contributed by atoms with van der Waals surface area (Å²) in [5.74, 6) is -0.0859. The molecule has 1 aromatic rings. The molecule has 2 aliphatic carbocycles. The Kier molecular flexibility index (Phi) is 3.74. The van der Waals surface area contributed by atoms with E-state index in [1.165, 1.54) is 7.11 Å². The van der Waals surface area contributed by atoms with Gasteiger partial charge in [-0.25, -0.2) is 14.0 Å². The summed E-state index contributed by atoms with van der Waals surface area (Å²) in [6.45, 7) is 6.87. The van der Waals surface area contributed by atoms with Gasteiger partial charge in [0.05, 0.1) is 12.8 Å². The van der Waals surface area contributed by atoms with E-state index in [0.717, 1.165) is 18.5 Å². The van der Waals surface area contributed by atoms with Crippen LogP contribution >= 0.6 is 7.87 Å². The lowest BCUT2D eigenvalue weighted by Gasteiger charge is -2.40. The Morgan fingerprint density at radius 3 is 2.68 bits per heavy atom. The molecule has 136 valence electrons. The number of nitrogens with zero attached hydrogens (tertiary/aromatic N) is 1. The number of benzene rings is 1. The Morgan fingerprint density at radius 2 is 2.04 bits per heavy atom. The number of anilines is 1. The van der Waals surface area contributed by atoms with E-state index in [2.05, 4.69) is 20.8 Å². The first-order valence-corrected chi connectivity index (χ1v) is 10.7. The molecule has 1 heterocycles. The van der Waals surface area contributed by atoms with Crippen molar-refractivity contribution in [1.82, 2.24) is 0 Å². The Bertz CT molecular complexity index is 696. The standard InChI is InChI=1S/C19H26NO4P/c1-18(2)14-10-11-19(18,3)17-16(14)20(13-8-6-5-7-9-13)25(22,24-17)12-15(21)23-4/h5-9,14,16-17H,10-12H2,1-4H3/t14-,16-,17-,19+,25?/m1/s1. The van der Waals surface area contributed by atoms with E-state index >= 15 is 0 Å². The zero-order chi connectivity index (χ0) is 18.0. The zero-order valence-electron chi connectivity index (χ0n) is 15.3. The van der Waals surface area contributed by atoms with E-state index in [4.69, 9.17) is 9.26 Å². The van der Waals surface area contributed by atoms with Gasteiger partial charge < -0.3 is 9.63 Å². The van der Waals surface area contributed by atoms with Crippen LogP contribution in [0.15, 0.2) is 30.3 Å². The quantitative estimate of drug-likeness (QED) is 0.610. The van der Waals surface area contributed by atoms with Gasteiger partial charge in [-0.15, -0.1) is 0 Å². The fourth-order valence-electron chi connectivity index (χ4n) is 5.44. The van der Waals surface area contributed by atoms with Crippen LogP contribution in [0.25, 0.3) is 0 Å². The molecule has 1 saturated heterocycles. The molecule has 25 heavy (non-hydrogen) atoms. The van der Waals surface area contributed by atoms with Crippen molar-refractivity contribution in [2.45, 2.75) is 45.8 Å². The van der Waals surface area contributed by atoms with Crippen LogP contribution in [0.3, 0.4) is 0 Å². The zero-order valence-corrected chi connectivity index (χ0v) is 16.2. The molecule has 0 aromatic heterocycles. The molecule has 5 nitrogen and oxygen atoms in total. The van der Waals surface area contributed by atoms with Crippen LogP contribution in [0.5, 0.6) is 0 Å². The van der Waals surface area contributed by atoms with Crippen LogP contribution in [0.1, 0.15) is 33.6 Å². The van der Waals surface area contributed by atoms with Crippen molar-refractivity contribution in [3.05, 3.63) is 30.3 Å². The van der Waals surface area contributed by atoms with Gasteiger partial charge in [-0.1, -0.05) is 39.0 Å². The predicted octanol–water partition coefficient (Wildman–Crippen LogP) is 3.01. The van der Waals surface area contributed by atoms with Gasteiger partial charge in [0.2, 0.25) is 7.87 Å². The number of hydrogen-bond acceptors (Lipinski definition) is 5. The Labute approximate surface area is 149 Å². The molecule has 3 aliphatic rings. The summed E-state index contributed by atoms with van der Waals surface area (Å²) in [5.41, 5.74) is 0.956.